The Balaban J connectivity index is 1.54. The number of carbonyl (C=O) groups excluding carboxylic acids is 1. The Bertz CT molecular complexity index is 702. The zero-order chi connectivity index (χ0) is 17.5. The number of allylic oxidation sites excluding steroid dienone is 1. The summed E-state index contributed by atoms with van der Waals surface area (Å²) in [7, 11) is 0. The second-order valence-electron chi connectivity index (χ2n) is 7.50. The summed E-state index contributed by atoms with van der Waals surface area (Å²) in [4.78, 5) is 23.3. The van der Waals surface area contributed by atoms with Gasteiger partial charge in [0.25, 0.3) is 0 Å². The summed E-state index contributed by atoms with van der Waals surface area (Å²) in [6.07, 6.45) is 5.71. The van der Waals surface area contributed by atoms with E-state index in [4.69, 9.17) is 5.11 Å². The Labute approximate surface area is 141 Å². The first kappa shape index (κ1) is 16.7. The van der Waals surface area contributed by atoms with Gasteiger partial charge in [0.1, 0.15) is 0 Å². The van der Waals surface area contributed by atoms with Crippen LogP contribution in [0.4, 0.5) is 0 Å². The molecule has 1 aromatic rings. The maximum atomic E-state index is 12.5. The maximum Gasteiger partial charge on any atom is 0.358 e. The predicted molar refractivity (Wildman–Crippen MR) is 87.5 cm³/mol. The molecule has 0 radical (unpaired) electrons. The molecule has 1 heterocycles. The number of amides is 1. The SMILES string of the molecule is CC1=C(C)CC(C)(NC(=O)C2CC(n3cc(C(=O)O)nn3)C2)CC1. The summed E-state index contributed by atoms with van der Waals surface area (Å²) in [6.45, 7) is 6.42. The molecule has 7 heteroatoms. The molecule has 0 aromatic carbocycles. The lowest BCUT2D eigenvalue weighted by atomic mass is 9.76. The Hall–Kier alpha value is -2.18. The van der Waals surface area contributed by atoms with Crippen molar-refractivity contribution in [2.24, 2.45) is 5.92 Å². The average molecular weight is 332 g/mol. The van der Waals surface area contributed by atoms with Crippen LogP contribution in [0.15, 0.2) is 17.3 Å². The fourth-order valence-electron chi connectivity index (χ4n) is 3.58. The van der Waals surface area contributed by atoms with E-state index in [0.717, 1.165) is 19.3 Å². The quantitative estimate of drug-likeness (QED) is 0.825. The summed E-state index contributed by atoms with van der Waals surface area (Å²) in [6, 6.07) is 0.0596. The van der Waals surface area contributed by atoms with Crippen LogP contribution in [0.2, 0.25) is 0 Å². The number of nitrogens with zero attached hydrogens (tertiary/aromatic N) is 3. The van der Waals surface area contributed by atoms with Gasteiger partial charge in [0.05, 0.1) is 12.2 Å². The third kappa shape index (κ3) is 3.20. The van der Waals surface area contributed by atoms with Gasteiger partial charge in [0, 0.05) is 11.5 Å². The summed E-state index contributed by atoms with van der Waals surface area (Å²) in [5.74, 6) is -1.02. The molecule has 1 fully saturated rings. The minimum absolute atomic E-state index is 0.0309. The largest absolute Gasteiger partial charge is 0.476 e. The zero-order valence-electron chi connectivity index (χ0n) is 14.4. The highest BCUT2D eigenvalue weighted by molar-refractivity contribution is 5.84. The van der Waals surface area contributed by atoms with Crippen LogP contribution in [0.5, 0.6) is 0 Å². The standard InChI is InChI=1S/C17H24N4O3/c1-10-4-5-17(3,8-11(10)2)18-15(22)12-6-13(7-12)21-9-14(16(23)24)19-20-21/h9,12-13H,4-8H2,1-3H3,(H,18,22)(H,23,24). The lowest BCUT2D eigenvalue weighted by Crippen LogP contribution is -2.51. The van der Waals surface area contributed by atoms with Gasteiger partial charge in [-0.1, -0.05) is 16.4 Å². The summed E-state index contributed by atoms with van der Waals surface area (Å²) in [5.41, 5.74) is 2.59. The molecule has 0 spiro atoms. The van der Waals surface area contributed by atoms with E-state index in [1.54, 1.807) is 4.68 Å². The number of hydrogen-bond donors (Lipinski definition) is 2. The molecule has 1 atom stereocenters. The van der Waals surface area contributed by atoms with Crippen LogP contribution in [0.25, 0.3) is 0 Å². The second kappa shape index (κ2) is 6.03. The molecule has 1 amide bonds. The molecule has 3 rings (SSSR count). The molecule has 1 aromatic heterocycles. The number of carbonyl (C=O) groups is 2. The van der Waals surface area contributed by atoms with Gasteiger partial charge in [0.2, 0.25) is 5.91 Å². The van der Waals surface area contributed by atoms with Gasteiger partial charge in [-0.3, -0.25) is 4.79 Å². The molecule has 0 bridgehead atoms. The van der Waals surface area contributed by atoms with Crippen LogP contribution in [-0.4, -0.2) is 37.5 Å². The number of aromatic nitrogens is 3. The molecule has 2 aliphatic carbocycles. The molecule has 1 saturated carbocycles. The molecule has 0 aliphatic heterocycles. The molecule has 2 N–H and O–H groups in total. The first-order chi connectivity index (χ1) is 11.3. The van der Waals surface area contributed by atoms with Crippen molar-refractivity contribution in [2.45, 2.75) is 64.5 Å². The van der Waals surface area contributed by atoms with Gasteiger partial charge in [-0.15, -0.1) is 5.10 Å². The van der Waals surface area contributed by atoms with Crippen molar-refractivity contribution in [1.29, 1.82) is 0 Å². The van der Waals surface area contributed by atoms with E-state index in [9.17, 15) is 9.59 Å². The minimum atomic E-state index is -1.08. The number of nitrogens with one attached hydrogen (secondary N) is 1. The van der Waals surface area contributed by atoms with Crippen molar-refractivity contribution in [3.05, 3.63) is 23.0 Å². The smallest absolute Gasteiger partial charge is 0.358 e. The Morgan fingerprint density at radius 3 is 2.62 bits per heavy atom. The molecular formula is C17H24N4O3. The van der Waals surface area contributed by atoms with E-state index in [2.05, 4.69) is 36.4 Å². The normalized spacial score (nSPS) is 30.0. The lowest BCUT2D eigenvalue weighted by Gasteiger charge is -2.40. The maximum absolute atomic E-state index is 12.5. The van der Waals surface area contributed by atoms with Gasteiger partial charge < -0.3 is 10.4 Å². The lowest BCUT2D eigenvalue weighted by molar-refractivity contribution is -0.130. The van der Waals surface area contributed by atoms with Crippen LogP contribution in [0.3, 0.4) is 0 Å². The van der Waals surface area contributed by atoms with Crippen molar-refractivity contribution >= 4 is 11.9 Å². The van der Waals surface area contributed by atoms with Crippen molar-refractivity contribution in [3.8, 4) is 0 Å². The van der Waals surface area contributed by atoms with Crippen LogP contribution in [0.1, 0.15) is 69.4 Å². The van der Waals surface area contributed by atoms with Gasteiger partial charge in [-0.25, -0.2) is 9.48 Å². The highest BCUT2D eigenvalue weighted by Gasteiger charge is 2.39. The van der Waals surface area contributed by atoms with Crippen LogP contribution < -0.4 is 5.32 Å². The van der Waals surface area contributed by atoms with Crippen molar-refractivity contribution in [2.75, 3.05) is 0 Å². The minimum Gasteiger partial charge on any atom is -0.476 e. The fraction of sp³-hybridized carbons (Fsp3) is 0.647. The molecular weight excluding hydrogens is 308 g/mol. The van der Waals surface area contributed by atoms with E-state index < -0.39 is 5.97 Å². The van der Waals surface area contributed by atoms with Gasteiger partial charge in [0.15, 0.2) is 5.69 Å². The van der Waals surface area contributed by atoms with Gasteiger partial charge in [-0.05, 0) is 52.9 Å². The topological polar surface area (TPSA) is 97.1 Å². The van der Waals surface area contributed by atoms with E-state index in [1.165, 1.54) is 17.3 Å². The molecule has 0 saturated heterocycles. The molecule has 1 unspecified atom stereocenters. The van der Waals surface area contributed by atoms with Crippen LogP contribution in [-0.2, 0) is 4.79 Å². The summed E-state index contributed by atoms with van der Waals surface area (Å²) < 4.78 is 1.56. The second-order valence-corrected chi connectivity index (χ2v) is 7.50. The van der Waals surface area contributed by atoms with Crippen molar-refractivity contribution in [3.63, 3.8) is 0 Å². The number of rotatable bonds is 4. The van der Waals surface area contributed by atoms with Gasteiger partial charge >= 0.3 is 5.97 Å². The first-order valence-electron chi connectivity index (χ1n) is 8.40. The molecule has 24 heavy (non-hydrogen) atoms. The third-order valence-electron chi connectivity index (χ3n) is 5.45. The Morgan fingerprint density at radius 1 is 1.33 bits per heavy atom. The van der Waals surface area contributed by atoms with Crippen molar-refractivity contribution < 1.29 is 14.7 Å². The van der Waals surface area contributed by atoms with E-state index in [-0.39, 0.29) is 29.1 Å². The van der Waals surface area contributed by atoms with Crippen molar-refractivity contribution in [1.82, 2.24) is 20.3 Å². The zero-order valence-corrected chi connectivity index (χ0v) is 14.4. The highest BCUT2D eigenvalue weighted by atomic mass is 16.4. The molecule has 7 nitrogen and oxygen atoms in total. The third-order valence-corrected chi connectivity index (χ3v) is 5.45. The van der Waals surface area contributed by atoms with E-state index in [1.807, 2.05) is 0 Å². The highest BCUT2D eigenvalue weighted by Crippen LogP contribution is 2.39. The Morgan fingerprint density at radius 2 is 2.04 bits per heavy atom. The number of carboxylic acid groups (broad SMARTS) is 1. The summed E-state index contributed by atoms with van der Waals surface area (Å²) in [5, 5.41) is 19.6. The summed E-state index contributed by atoms with van der Waals surface area (Å²) >= 11 is 0. The number of aromatic carboxylic acids is 1. The number of carboxylic acids is 1. The monoisotopic (exact) mass is 332 g/mol. The van der Waals surface area contributed by atoms with Crippen LogP contribution >= 0.6 is 0 Å². The predicted octanol–water partition coefficient (Wildman–Crippen LogP) is 2.32. The molecule has 2 aliphatic rings. The van der Waals surface area contributed by atoms with Crippen LogP contribution in [0, 0.1) is 5.92 Å². The Kier molecular flexibility index (Phi) is 4.19. The van der Waals surface area contributed by atoms with E-state index >= 15 is 0 Å². The number of hydrogen-bond acceptors (Lipinski definition) is 4. The molecule has 130 valence electrons. The van der Waals surface area contributed by atoms with E-state index in [0.29, 0.717) is 12.8 Å². The van der Waals surface area contributed by atoms with Gasteiger partial charge in [-0.2, -0.15) is 0 Å². The fourth-order valence-corrected chi connectivity index (χ4v) is 3.58. The average Bonchev–Trinajstić information content (AvgIpc) is 2.91. The first-order valence-corrected chi connectivity index (χ1v) is 8.40.